The minimum atomic E-state index is 0.401. The fraction of sp³-hybridized carbons (Fsp3) is 0.500. The molecule has 1 aromatic heterocycles. The van der Waals surface area contributed by atoms with Crippen LogP contribution in [0.15, 0.2) is 30.5 Å². The number of fused-ring (bicyclic) bond motifs is 1. The van der Waals surface area contributed by atoms with Gasteiger partial charge in [-0.25, -0.2) is 0 Å². The molecular weight excluding hydrogens is 206 g/mol. The maximum Gasteiger partial charge on any atom is 0.0512 e. The summed E-state index contributed by atoms with van der Waals surface area (Å²) in [5.74, 6) is 0. The molecule has 0 atom stereocenters. The van der Waals surface area contributed by atoms with Gasteiger partial charge in [0, 0.05) is 12.7 Å². The van der Waals surface area contributed by atoms with Crippen molar-refractivity contribution < 1.29 is 0 Å². The summed E-state index contributed by atoms with van der Waals surface area (Å²) in [7, 11) is 0. The molecule has 0 radical (unpaired) electrons. The van der Waals surface area contributed by atoms with Gasteiger partial charge in [0.1, 0.15) is 0 Å². The summed E-state index contributed by atoms with van der Waals surface area (Å²) in [6, 6.07) is 8.85. The van der Waals surface area contributed by atoms with Crippen molar-refractivity contribution in [1.82, 2.24) is 4.57 Å². The Labute approximate surface area is 104 Å². The third-order valence-corrected chi connectivity index (χ3v) is 3.36. The molecule has 1 nitrogen and oxygen atoms in total. The summed E-state index contributed by atoms with van der Waals surface area (Å²) in [6.45, 7) is 10.3. The molecule has 1 heteroatoms. The zero-order valence-corrected chi connectivity index (χ0v) is 11.5. The van der Waals surface area contributed by atoms with Crippen LogP contribution < -0.4 is 0 Å². The maximum absolute atomic E-state index is 2.42. The van der Waals surface area contributed by atoms with Crippen LogP contribution in [-0.4, -0.2) is 4.57 Å². The van der Waals surface area contributed by atoms with E-state index in [1.54, 1.807) is 0 Å². The number of hydrogen-bond acceptors (Lipinski definition) is 0. The predicted molar refractivity (Wildman–Crippen MR) is 75.4 cm³/mol. The molecule has 0 bridgehead atoms. The topological polar surface area (TPSA) is 4.93 Å². The maximum atomic E-state index is 2.42. The lowest BCUT2D eigenvalue weighted by Gasteiger charge is -2.19. The molecule has 0 amide bonds. The van der Waals surface area contributed by atoms with E-state index in [0.717, 1.165) is 13.0 Å². The monoisotopic (exact) mass is 229 g/mol. The van der Waals surface area contributed by atoms with Crippen molar-refractivity contribution in [2.75, 3.05) is 0 Å². The van der Waals surface area contributed by atoms with Crippen LogP contribution in [-0.2, 0) is 13.0 Å². The fourth-order valence-corrected chi connectivity index (χ4v) is 2.27. The van der Waals surface area contributed by atoms with E-state index in [1.807, 2.05) is 0 Å². The smallest absolute Gasteiger partial charge is 0.0512 e. The van der Waals surface area contributed by atoms with E-state index < -0.39 is 0 Å². The van der Waals surface area contributed by atoms with Crippen LogP contribution in [0, 0.1) is 5.41 Å². The first-order valence-electron chi connectivity index (χ1n) is 6.58. The molecule has 0 N–H and O–H groups in total. The Morgan fingerprint density at radius 2 is 1.88 bits per heavy atom. The highest BCUT2D eigenvalue weighted by Gasteiger charge is 2.11. The van der Waals surface area contributed by atoms with Gasteiger partial charge in [0.15, 0.2) is 0 Å². The molecule has 92 valence electrons. The van der Waals surface area contributed by atoms with Gasteiger partial charge in [-0.2, -0.15) is 0 Å². The molecule has 0 saturated heterocycles. The van der Waals surface area contributed by atoms with Crippen molar-refractivity contribution in [1.29, 1.82) is 0 Å². The Morgan fingerprint density at radius 1 is 1.12 bits per heavy atom. The van der Waals surface area contributed by atoms with Gasteiger partial charge >= 0.3 is 0 Å². The van der Waals surface area contributed by atoms with Crippen molar-refractivity contribution in [3.05, 3.63) is 36.0 Å². The molecule has 17 heavy (non-hydrogen) atoms. The fourth-order valence-electron chi connectivity index (χ4n) is 2.27. The summed E-state index contributed by atoms with van der Waals surface area (Å²) in [6.07, 6.45) is 4.56. The van der Waals surface area contributed by atoms with E-state index in [4.69, 9.17) is 0 Å². The number of benzene rings is 1. The Morgan fingerprint density at radius 3 is 2.53 bits per heavy atom. The van der Waals surface area contributed by atoms with Crippen LogP contribution in [0.2, 0.25) is 0 Å². The first-order valence-corrected chi connectivity index (χ1v) is 6.58. The predicted octanol–water partition coefficient (Wildman–Crippen LogP) is 4.64. The van der Waals surface area contributed by atoms with E-state index >= 15 is 0 Å². The number of para-hydroxylation sites is 1. The molecule has 0 aliphatic heterocycles. The number of aryl methyl sites for hydroxylation is 2. The SMILES string of the molecule is CCc1cccc2ccn(CCC(C)(C)C)c12. The van der Waals surface area contributed by atoms with Gasteiger partial charge in [0.2, 0.25) is 0 Å². The third-order valence-electron chi connectivity index (χ3n) is 3.36. The average Bonchev–Trinajstić information content (AvgIpc) is 2.68. The Balaban J connectivity index is 2.34. The van der Waals surface area contributed by atoms with Gasteiger partial charge in [-0.15, -0.1) is 0 Å². The van der Waals surface area contributed by atoms with E-state index in [2.05, 4.69) is 62.7 Å². The first-order chi connectivity index (χ1) is 8.01. The molecule has 0 saturated carbocycles. The molecule has 0 unspecified atom stereocenters. The van der Waals surface area contributed by atoms with Gasteiger partial charge in [-0.3, -0.25) is 0 Å². The minimum absolute atomic E-state index is 0.401. The summed E-state index contributed by atoms with van der Waals surface area (Å²) in [5.41, 5.74) is 3.29. The third kappa shape index (κ3) is 2.71. The zero-order valence-electron chi connectivity index (χ0n) is 11.5. The highest BCUT2D eigenvalue weighted by Crippen LogP contribution is 2.24. The van der Waals surface area contributed by atoms with Crippen LogP contribution in [0.3, 0.4) is 0 Å². The second kappa shape index (κ2) is 4.56. The highest BCUT2D eigenvalue weighted by molar-refractivity contribution is 5.83. The highest BCUT2D eigenvalue weighted by atomic mass is 15.0. The molecular formula is C16H23N. The Kier molecular flexibility index (Phi) is 3.28. The molecule has 2 aromatic rings. The van der Waals surface area contributed by atoms with Crippen LogP contribution >= 0.6 is 0 Å². The van der Waals surface area contributed by atoms with Crippen molar-refractivity contribution >= 4 is 10.9 Å². The second-order valence-corrected chi connectivity index (χ2v) is 6.03. The van der Waals surface area contributed by atoms with E-state index in [-0.39, 0.29) is 0 Å². The van der Waals surface area contributed by atoms with Crippen LogP contribution in [0.5, 0.6) is 0 Å². The van der Waals surface area contributed by atoms with E-state index in [9.17, 15) is 0 Å². The zero-order chi connectivity index (χ0) is 12.5. The molecule has 1 heterocycles. The Hall–Kier alpha value is -1.24. The van der Waals surface area contributed by atoms with Crippen molar-refractivity contribution in [2.45, 2.75) is 47.1 Å². The van der Waals surface area contributed by atoms with Crippen molar-refractivity contribution in [3.63, 3.8) is 0 Å². The number of rotatable bonds is 3. The average molecular weight is 229 g/mol. The number of aromatic nitrogens is 1. The summed E-state index contributed by atoms with van der Waals surface area (Å²) >= 11 is 0. The van der Waals surface area contributed by atoms with Crippen LogP contribution in [0.25, 0.3) is 10.9 Å². The summed E-state index contributed by atoms with van der Waals surface area (Å²) in [5, 5.41) is 1.37. The molecule has 2 rings (SSSR count). The molecule has 1 aromatic carbocycles. The van der Waals surface area contributed by atoms with Gasteiger partial charge in [0.25, 0.3) is 0 Å². The van der Waals surface area contributed by atoms with Gasteiger partial charge in [0.05, 0.1) is 5.52 Å². The normalized spacial score (nSPS) is 12.2. The van der Waals surface area contributed by atoms with E-state index in [1.165, 1.54) is 22.9 Å². The van der Waals surface area contributed by atoms with Gasteiger partial charge in [-0.1, -0.05) is 45.9 Å². The lowest BCUT2D eigenvalue weighted by molar-refractivity contribution is 0.353. The van der Waals surface area contributed by atoms with Crippen molar-refractivity contribution in [2.24, 2.45) is 5.41 Å². The van der Waals surface area contributed by atoms with Crippen LogP contribution in [0.1, 0.15) is 39.7 Å². The quantitative estimate of drug-likeness (QED) is 0.722. The number of hydrogen-bond donors (Lipinski definition) is 0. The minimum Gasteiger partial charge on any atom is -0.347 e. The second-order valence-electron chi connectivity index (χ2n) is 6.03. The van der Waals surface area contributed by atoms with Gasteiger partial charge < -0.3 is 4.57 Å². The molecule has 0 aliphatic carbocycles. The summed E-state index contributed by atoms with van der Waals surface area (Å²) < 4.78 is 2.42. The van der Waals surface area contributed by atoms with Crippen LogP contribution in [0.4, 0.5) is 0 Å². The summed E-state index contributed by atoms with van der Waals surface area (Å²) in [4.78, 5) is 0. The lowest BCUT2D eigenvalue weighted by atomic mass is 9.92. The first kappa shape index (κ1) is 12.2. The van der Waals surface area contributed by atoms with Crippen molar-refractivity contribution in [3.8, 4) is 0 Å². The van der Waals surface area contributed by atoms with E-state index in [0.29, 0.717) is 5.41 Å². The Bertz CT molecular complexity index is 500. The largest absolute Gasteiger partial charge is 0.347 e. The lowest BCUT2D eigenvalue weighted by Crippen LogP contribution is -2.10. The van der Waals surface area contributed by atoms with Gasteiger partial charge in [-0.05, 0) is 35.3 Å². The molecule has 0 spiro atoms. The molecule has 0 fully saturated rings. The standard InChI is InChI=1S/C16H23N/c1-5-13-7-6-8-14-9-11-17(15(13)14)12-10-16(2,3)4/h6-9,11H,5,10,12H2,1-4H3. The number of nitrogens with zero attached hydrogens (tertiary/aromatic N) is 1. The molecule has 0 aliphatic rings.